The molecule has 3 heterocycles. The van der Waals surface area contributed by atoms with Crippen molar-refractivity contribution in [2.24, 2.45) is 16.7 Å². The molecule has 3 aliphatic heterocycles. The van der Waals surface area contributed by atoms with Crippen LogP contribution in [0.2, 0.25) is 0 Å². The van der Waals surface area contributed by atoms with Crippen molar-refractivity contribution in [2.45, 2.75) is 226 Å². The molecule has 2 unspecified atom stereocenters. The molecule has 0 spiro atoms. The second-order valence-electron chi connectivity index (χ2n) is 32.6. The van der Waals surface area contributed by atoms with E-state index in [4.69, 9.17) is 1.37 Å². The van der Waals surface area contributed by atoms with E-state index >= 15 is 0 Å². The summed E-state index contributed by atoms with van der Waals surface area (Å²) in [5.74, 6) is 0.204. The third kappa shape index (κ3) is 8.45. The van der Waals surface area contributed by atoms with Crippen LogP contribution in [-0.4, -0.2) is 12.0 Å². The Bertz CT molecular complexity index is 3880. The van der Waals surface area contributed by atoms with Gasteiger partial charge >= 0.3 is 0 Å². The Morgan fingerprint density at radius 2 is 0.926 bits per heavy atom. The largest absolute Gasteiger partial charge is 0.314 e. The minimum absolute atomic E-state index is 0.00901. The second kappa shape index (κ2) is 17.7. The van der Waals surface area contributed by atoms with Gasteiger partial charge in [0.2, 0.25) is 0 Å². The smallest absolute Gasteiger partial charge is 0.259 e. The topological polar surface area (TPSA) is 9.72 Å². The Balaban J connectivity index is 1.23. The van der Waals surface area contributed by atoms with Crippen molar-refractivity contribution < 1.29 is 6.85 Å². The number of nitrogens with zero attached hydrogens (tertiary/aromatic N) is 3. The first-order chi connectivity index (χ1) is 39.8. The Labute approximate surface area is 501 Å². The first-order valence-corrected chi connectivity index (χ1v) is 31.8. The summed E-state index contributed by atoms with van der Waals surface area (Å²) in [5.41, 5.74) is 20.5. The fraction of sp³-hybridized carbons (Fsp3) is 0.500. The van der Waals surface area contributed by atoms with Crippen LogP contribution in [0.25, 0.3) is 0 Å². The van der Waals surface area contributed by atoms with E-state index in [9.17, 15) is 5.48 Å². The van der Waals surface area contributed by atoms with Crippen LogP contribution >= 0.6 is 11.8 Å². The molecule has 6 aromatic carbocycles. The van der Waals surface area contributed by atoms with E-state index in [1.807, 2.05) is 4.90 Å². The van der Waals surface area contributed by atoms with Gasteiger partial charge in [0.1, 0.15) is 0 Å². The van der Waals surface area contributed by atoms with Gasteiger partial charge in [-0.2, -0.15) is 0 Å². The molecule has 1 saturated carbocycles. The van der Waals surface area contributed by atoms with E-state index in [1.54, 1.807) is 0 Å². The molecular weight excluding hydrogens is 998 g/mol. The van der Waals surface area contributed by atoms with E-state index in [0.717, 1.165) is 91.1 Å². The van der Waals surface area contributed by atoms with Crippen molar-refractivity contribution in [1.29, 1.82) is 0 Å². The van der Waals surface area contributed by atoms with Gasteiger partial charge in [-0.1, -0.05) is 180 Å². The minimum Gasteiger partial charge on any atom is -0.314 e. The molecule has 0 amide bonds. The number of hydrogen-bond donors (Lipinski definition) is 0. The van der Waals surface area contributed by atoms with Crippen molar-refractivity contribution in [3.8, 4) is 0 Å². The zero-order valence-corrected chi connectivity index (χ0v) is 53.5. The average molecular weight is 1100 g/mol. The molecular formula is C76H94BN3S. The maximum Gasteiger partial charge on any atom is 0.259 e. The molecule has 81 heavy (non-hydrogen) atoms. The lowest BCUT2D eigenvalue weighted by Gasteiger charge is -2.52. The zero-order valence-electron chi connectivity index (χ0n) is 57.7. The highest BCUT2D eigenvalue weighted by molar-refractivity contribution is 8.06. The number of fused-ring (bicyclic) bond motifs is 8. The summed E-state index contributed by atoms with van der Waals surface area (Å²) < 4.78 is 47.3. The van der Waals surface area contributed by atoms with Crippen LogP contribution in [0, 0.1) is 16.7 Å². The fourth-order valence-electron chi connectivity index (χ4n) is 16.4. The van der Waals surface area contributed by atoms with Crippen LogP contribution < -0.4 is 25.6 Å². The van der Waals surface area contributed by atoms with E-state index in [1.165, 1.54) is 60.5 Å². The molecule has 0 radical (unpaired) electrons. The van der Waals surface area contributed by atoms with Crippen LogP contribution in [0.1, 0.15) is 229 Å². The Morgan fingerprint density at radius 3 is 1.44 bits per heavy atom. The van der Waals surface area contributed by atoms with E-state index in [2.05, 4.69) is 238 Å². The number of hydrogen-bond acceptors (Lipinski definition) is 4. The molecule has 0 aromatic heterocycles. The van der Waals surface area contributed by atoms with Gasteiger partial charge in [0.05, 0.1) is 12.5 Å². The van der Waals surface area contributed by atoms with Crippen LogP contribution in [0.3, 0.4) is 0 Å². The zero-order chi connectivity index (χ0) is 62.1. The van der Waals surface area contributed by atoms with Gasteiger partial charge in [0, 0.05) is 56.7 Å². The molecule has 0 bridgehead atoms. The van der Waals surface area contributed by atoms with Gasteiger partial charge in [-0.3, -0.25) is 0 Å². The van der Waals surface area contributed by atoms with Crippen LogP contribution in [-0.2, 0) is 37.9 Å². The predicted molar refractivity (Wildman–Crippen MR) is 353 cm³/mol. The summed E-state index contributed by atoms with van der Waals surface area (Å²) in [4.78, 5) is 8.81. The van der Waals surface area contributed by atoms with Crippen LogP contribution in [0.4, 0.5) is 45.5 Å². The Morgan fingerprint density at radius 1 is 0.469 bits per heavy atom. The first kappa shape index (κ1) is 49.3. The average Bonchev–Trinajstić information content (AvgIpc) is 1.56. The van der Waals surface area contributed by atoms with Gasteiger partial charge in [0.15, 0.2) is 0 Å². The lowest BCUT2D eigenvalue weighted by molar-refractivity contribution is 0.0881. The lowest BCUT2D eigenvalue weighted by atomic mass is 9.35. The lowest BCUT2D eigenvalue weighted by Crippen LogP contribution is -2.56. The molecule has 6 aromatic rings. The molecule has 7 aliphatic rings. The van der Waals surface area contributed by atoms with E-state index < -0.39 is 6.04 Å². The summed E-state index contributed by atoms with van der Waals surface area (Å²) in [7, 11) is 0. The number of rotatable bonds is 5. The number of benzene rings is 6. The molecule has 422 valence electrons. The van der Waals surface area contributed by atoms with Gasteiger partial charge < -0.3 is 14.7 Å². The second-order valence-corrected chi connectivity index (χ2v) is 33.8. The molecule has 0 N–H and O–H groups in total. The summed E-state index contributed by atoms with van der Waals surface area (Å²) in [6.07, 6.45) is 8.89. The summed E-state index contributed by atoms with van der Waals surface area (Å²) in [6.45, 7) is 46.0. The van der Waals surface area contributed by atoms with Crippen molar-refractivity contribution in [1.82, 2.24) is 0 Å². The SMILES string of the molecule is [2H]c1c([2H])c([2H])c(N(c2ccc(C(C)(C)C)cc2)c2cc3c4c(c2)N(c2ccc5c(c2)C(C)(C)CCC5(C)C)c2cc5c(cc2B4C2=C(C4C(S2)C(C)(C)CCC4(C)C)N3c2ccc3c(c2)C(C)(C)CCC3(C)C)C(C)(C)CCC5(C)C)c([2H])c1[2H]. The summed E-state index contributed by atoms with van der Waals surface area (Å²) >= 11 is 2.19. The molecule has 3 nitrogen and oxygen atoms in total. The predicted octanol–water partition coefficient (Wildman–Crippen LogP) is 20.4. The van der Waals surface area contributed by atoms with Gasteiger partial charge in [0.25, 0.3) is 6.71 Å². The number of allylic oxidation sites excluding steroid dienone is 1. The normalized spacial score (nSPS) is 25.1. The van der Waals surface area contributed by atoms with Crippen molar-refractivity contribution in [3.05, 3.63) is 165 Å². The number of thioether (sulfide) groups is 1. The van der Waals surface area contributed by atoms with E-state index in [0.29, 0.717) is 5.25 Å². The first-order valence-electron chi connectivity index (χ1n) is 33.5. The third-order valence-corrected chi connectivity index (χ3v) is 24.1. The molecule has 5 heteroatoms. The van der Waals surface area contributed by atoms with Gasteiger partial charge in [-0.15, -0.1) is 11.8 Å². The Hall–Kier alpha value is -5.13. The maximum absolute atomic E-state index is 9.89. The monoisotopic (exact) mass is 1100 g/mol. The molecule has 1 fully saturated rings. The number of anilines is 8. The van der Waals surface area contributed by atoms with Gasteiger partial charge in [-0.25, -0.2) is 0 Å². The van der Waals surface area contributed by atoms with Crippen LogP contribution in [0.15, 0.2) is 126 Å². The Kier molecular flexibility index (Phi) is 10.8. The molecule has 0 saturated heterocycles. The summed E-state index contributed by atoms with van der Waals surface area (Å²) in [6, 6.07) is 31.8. The quantitative estimate of drug-likeness (QED) is 0.159. The third-order valence-electron chi connectivity index (χ3n) is 22.2. The molecule has 13 rings (SSSR count). The fourth-order valence-corrected chi connectivity index (χ4v) is 18.4. The highest BCUT2D eigenvalue weighted by atomic mass is 32.2. The maximum atomic E-state index is 9.89. The van der Waals surface area contributed by atoms with Crippen molar-refractivity contribution in [2.75, 3.05) is 14.7 Å². The van der Waals surface area contributed by atoms with Crippen molar-refractivity contribution in [3.63, 3.8) is 0 Å². The summed E-state index contributed by atoms with van der Waals surface area (Å²) in [5, 5.41) is 0.314. The molecule has 4 aliphatic carbocycles. The standard InChI is InChI=1S/C76H94BN3S/c1-68(2,3)47-25-27-49(28-26-47)78(48-23-21-20-22-24-48)52-43-61-64-62(44-52)80(51-30-32-54-56(42-51)72(10,11)36-34-70(54,6)7)65-63-66(76(18,19)40-39-75(63,16)17)81-67(65)77(64)59-45-57-58(74(14,15)38-37-73(57,12)13)46-60(59)79(61)50-29-31-53-55(41-50)71(8,9)35-33-69(53,4)5/h20-32,41-46,63,66H,33-40H2,1-19H3/i20D,21D,22D,23D,24D. The van der Waals surface area contributed by atoms with Crippen LogP contribution in [0.5, 0.6) is 0 Å². The van der Waals surface area contributed by atoms with Crippen molar-refractivity contribution >= 4 is 74.9 Å². The van der Waals surface area contributed by atoms with Gasteiger partial charge in [-0.05, 0) is 221 Å². The minimum atomic E-state index is -0.402. The molecule has 2 atom stereocenters. The highest BCUT2D eigenvalue weighted by Crippen LogP contribution is 2.66. The highest BCUT2D eigenvalue weighted by Gasteiger charge is 2.60. The van der Waals surface area contributed by atoms with E-state index in [-0.39, 0.29) is 91.2 Å². The number of para-hydroxylation sites is 1.